The lowest BCUT2D eigenvalue weighted by Gasteiger charge is -2.04. The van der Waals surface area contributed by atoms with Crippen LogP contribution in [0.5, 0.6) is 0 Å². The minimum atomic E-state index is -0.134. The first-order valence-corrected chi connectivity index (χ1v) is 6.38. The smallest absolute Gasteiger partial charge is 0.257 e. The number of hydrogen-bond acceptors (Lipinski definition) is 2. The number of aryl methyl sites for hydroxylation is 1. The van der Waals surface area contributed by atoms with Crippen LogP contribution in [0.1, 0.15) is 15.9 Å². The van der Waals surface area contributed by atoms with Gasteiger partial charge in [-0.3, -0.25) is 4.79 Å². The van der Waals surface area contributed by atoms with E-state index in [1.54, 1.807) is 12.3 Å². The molecule has 4 heteroatoms. The van der Waals surface area contributed by atoms with Gasteiger partial charge >= 0.3 is 0 Å². The van der Waals surface area contributed by atoms with Crippen molar-refractivity contribution in [3.63, 3.8) is 0 Å². The summed E-state index contributed by atoms with van der Waals surface area (Å²) in [4.78, 5) is 15.4. The first-order valence-electron chi connectivity index (χ1n) is 6.38. The molecule has 100 valence electrons. The van der Waals surface area contributed by atoms with Gasteiger partial charge < -0.3 is 16.0 Å². The van der Waals surface area contributed by atoms with Gasteiger partial charge in [-0.2, -0.15) is 0 Å². The van der Waals surface area contributed by atoms with Gasteiger partial charge in [-0.15, -0.1) is 0 Å². The quantitative estimate of drug-likeness (QED) is 0.622. The Labute approximate surface area is 116 Å². The molecule has 0 unspecified atom stereocenters. The Morgan fingerprint density at radius 1 is 1.15 bits per heavy atom. The average Bonchev–Trinajstić information content (AvgIpc) is 2.84. The van der Waals surface area contributed by atoms with Crippen molar-refractivity contribution in [1.82, 2.24) is 4.98 Å². The molecule has 0 aliphatic rings. The fourth-order valence-electron chi connectivity index (χ4n) is 2.17. The fraction of sp³-hybridized carbons (Fsp3) is 0.0625. The number of anilines is 2. The molecule has 20 heavy (non-hydrogen) atoms. The number of aromatic amines is 1. The van der Waals surface area contributed by atoms with Crippen LogP contribution in [-0.4, -0.2) is 10.9 Å². The fourth-order valence-corrected chi connectivity index (χ4v) is 2.17. The molecule has 2 aromatic carbocycles. The van der Waals surface area contributed by atoms with Crippen LogP contribution >= 0.6 is 0 Å². The standard InChI is InChI=1S/C16H15N3O/c1-10-2-5-12(6-3-10)19-16(20)14-9-18-15-8-11(17)4-7-13(14)15/h2-9,18H,17H2,1H3,(H,19,20). The third-order valence-corrected chi connectivity index (χ3v) is 3.26. The molecule has 0 atom stereocenters. The zero-order valence-corrected chi connectivity index (χ0v) is 11.1. The molecule has 0 saturated heterocycles. The average molecular weight is 265 g/mol. The Bertz CT molecular complexity index is 772. The van der Waals surface area contributed by atoms with E-state index < -0.39 is 0 Å². The molecule has 4 nitrogen and oxygen atoms in total. The van der Waals surface area contributed by atoms with Gasteiger partial charge in [0.05, 0.1) is 5.56 Å². The van der Waals surface area contributed by atoms with E-state index in [9.17, 15) is 4.79 Å². The van der Waals surface area contributed by atoms with Gasteiger partial charge in [0.1, 0.15) is 0 Å². The highest BCUT2D eigenvalue weighted by Crippen LogP contribution is 2.21. The zero-order valence-electron chi connectivity index (χ0n) is 11.1. The van der Waals surface area contributed by atoms with Gasteiger partial charge in [-0.05, 0) is 37.3 Å². The van der Waals surface area contributed by atoms with Gasteiger partial charge in [-0.1, -0.05) is 17.7 Å². The summed E-state index contributed by atoms with van der Waals surface area (Å²) in [5.74, 6) is -0.134. The molecule has 0 aliphatic heterocycles. The maximum atomic E-state index is 12.3. The Hall–Kier alpha value is -2.75. The van der Waals surface area contributed by atoms with Crippen LogP contribution in [0.15, 0.2) is 48.7 Å². The molecule has 0 fully saturated rings. The molecular weight excluding hydrogens is 250 g/mol. The monoisotopic (exact) mass is 265 g/mol. The molecular formula is C16H15N3O. The van der Waals surface area contributed by atoms with Gasteiger partial charge in [-0.25, -0.2) is 0 Å². The largest absolute Gasteiger partial charge is 0.399 e. The van der Waals surface area contributed by atoms with E-state index >= 15 is 0 Å². The van der Waals surface area contributed by atoms with Gasteiger partial charge in [0.15, 0.2) is 0 Å². The highest BCUT2D eigenvalue weighted by Gasteiger charge is 2.12. The lowest BCUT2D eigenvalue weighted by atomic mass is 10.1. The third kappa shape index (κ3) is 2.23. The van der Waals surface area contributed by atoms with Gasteiger partial charge in [0, 0.05) is 28.5 Å². The van der Waals surface area contributed by atoms with E-state index in [1.165, 1.54) is 0 Å². The summed E-state index contributed by atoms with van der Waals surface area (Å²) in [6.45, 7) is 2.01. The van der Waals surface area contributed by atoms with Crippen LogP contribution in [0.25, 0.3) is 10.9 Å². The summed E-state index contributed by atoms with van der Waals surface area (Å²) in [7, 11) is 0. The van der Waals surface area contributed by atoms with Gasteiger partial charge in [0.25, 0.3) is 5.91 Å². The number of nitrogens with two attached hydrogens (primary N) is 1. The van der Waals surface area contributed by atoms with Crippen molar-refractivity contribution in [3.8, 4) is 0 Å². The number of carbonyl (C=O) groups is 1. The molecule has 0 bridgehead atoms. The van der Waals surface area contributed by atoms with Crippen molar-refractivity contribution in [2.45, 2.75) is 6.92 Å². The van der Waals surface area contributed by atoms with Crippen molar-refractivity contribution in [3.05, 3.63) is 59.8 Å². The Morgan fingerprint density at radius 3 is 2.65 bits per heavy atom. The topological polar surface area (TPSA) is 70.9 Å². The highest BCUT2D eigenvalue weighted by molar-refractivity contribution is 6.13. The number of H-pyrrole nitrogens is 1. The van der Waals surface area contributed by atoms with Crippen LogP contribution in [0.2, 0.25) is 0 Å². The van der Waals surface area contributed by atoms with Crippen LogP contribution < -0.4 is 11.1 Å². The molecule has 4 N–H and O–H groups in total. The number of nitrogens with one attached hydrogen (secondary N) is 2. The number of benzene rings is 2. The van der Waals surface area contributed by atoms with Crippen LogP contribution in [0.4, 0.5) is 11.4 Å². The molecule has 0 radical (unpaired) electrons. The maximum Gasteiger partial charge on any atom is 0.257 e. The van der Waals surface area contributed by atoms with Crippen LogP contribution in [0, 0.1) is 6.92 Å². The SMILES string of the molecule is Cc1ccc(NC(=O)c2c[nH]c3cc(N)ccc23)cc1. The number of fused-ring (bicyclic) bond motifs is 1. The molecule has 0 aliphatic carbocycles. The Kier molecular flexibility index (Phi) is 2.91. The lowest BCUT2D eigenvalue weighted by molar-refractivity contribution is 0.102. The zero-order chi connectivity index (χ0) is 14.1. The van der Waals surface area contributed by atoms with Crippen molar-refractivity contribution >= 4 is 28.2 Å². The molecule has 0 spiro atoms. The molecule has 3 aromatic rings. The first kappa shape index (κ1) is 12.3. The summed E-state index contributed by atoms with van der Waals surface area (Å²) >= 11 is 0. The summed E-state index contributed by atoms with van der Waals surface area (Å²) in [6, 6.07) is 13.2. The molecule has 1 aromatic heterocycles. The van der Waals surface area contributed by atoms with E-state index in [4.69, 9.17) is 5.73 Å². The van der Waals surface area contributed by atoms with E-state index in [1.807, 2.05) is 43.3 Å². The minimum absolute atomic E-state index is 0.134. The van der Waals surface area contributed by atoms with Crippen molar-refractivity contribution in [1.29, 1.82) is 0 Å². The van der Waals surface area contributed by atoms with Crippen LogP contribution in [-0.2, 0) is 0 Å². The number of aromatic nitrogens is 1. The van der Waals surface area contributed by atoms with Gasteiger partial charge in [0.2, 0.25) is 0 Å². The molecule has 1 heterocycles. The van der Waals surface area contributed by atoms with E-state index in [2.05, 4.69) is 10.3 Å². The normalized spacial score (nSPS) is 10.7. The lowest BCUT2D eigenvalue weighted by Crippen LogP contribution is -2.11. The van der Waals surface area contributed by atoms with Crippen molar-refractivity contribution < 1.29 is 4.79 Å². The van der Waals surface area contributed by atoms with Crippen LogP contribution in [0.3, 0.4) is 0 Å². The number of carbonyl (C=O) groups excluding carboxylic acids is 1. The summed E-state index contributed by atoms with van der Waals surface area (Å²) in [5, 5.41) is 3.75. The second-order valence-electron chi connectivity index (χ2n) is 4.83. The van der Waals surface area contributed by atoms with Crippen molar-refractivity contribution in [2.24, 2.45) is 0 Å². The summed E-state index contributed by atoms with van der Waals surface area (Å²) in [5.41, 5.74) is 9.81. The second kappa shape index (κ2) is 4.74. The second-order valence-corrected chi connectivity index (χ2v) is 4.83. The molecule has 0 saturated carbocycles. The van der Waals surface area contributed by atoms with E-state index in [0.717, 1.165) is 22.2 Å². The maximum absolute atomic E-state index is 12.3. The first-order chi connectivity index (χ1) is 9.63. The summed E-state index contributed by atoms with van der Waals surface area (Å²) in [6.07, 6.45) is 1.70. The molecule has 1 amide bonds. The third-order valence-electron chi connectivity index (χ3n) is 3.26. The minimum Gasteiger partial charge on any atom is -0.399 e. The Morgan fingerprint density at radius 2 is 1.90 bits per heavy atom. The number of nitrogen functional groups attached to an aromatic ring is 1. The number of rotatable bonds is 2. The summed E-state index contributed by atoms with van der Waals surface area (Å²) < 4.78 is 0. The van der Waals surface area contributed by atoms with E-state index in [-0.39, 0.29) is 5.91 Å². The predicted molar refractivity (Wildman–Crippen MR) is 81.8 cm³/mol. The number of amides is 1. The van der Waals surface area contributed by atoms with E-state index in [0.29, 0.717) is 11.3 Å². The Balaban J connectivity index is 1.91. The number of hydrogen-bond donors (Lipinski definition) is 3. The predicted octanol–water partition coefficient (Wildman–Crippen LogP) is 3.31. The van der Waals surface area contributed by atoms with Crippen molar-refractivity contribution in [2.75, 3.05) is 11.1 Å². The highest BCUT2D eigenvalue weighted by atomic mass is 16.1. The molecule has 3 rings (SSSR count).